The molecule has 0 spiro atoms. The summed E-state index contributed by atoms with van der Waals surface area (Å²) in [7, 11) is 0. The number of hydrogen-bond donors (Lipinski definition) is 4. The van der Waals surface area contributed by atoms with Gasteiger partial charge in [-0.15, -0.1) is 0 Å². The fraction of sp³-hybridized carbons (Fsp3) is 0.385. The van der Waals surface area contributed by atoms with Crippen molar-refractivity contribution in [3.05, 3.63) is 29.3 Å². The predicted octanol–water partition coefficient (Wildman–Crippen LogP) is 2.38. The quantitative estimate of drug-likeness (QED) is 0.383. The third-order valence-electron chi connectivity index (χ3n) is 2.62. The molecule has 0 aliphatic heterocycles. The van der Waals surface area contributed by atoms with Gasteiger partial charge in [0, 0.05) is 5.69 Å². The van der Waals surface area contributed by atoms with Crippen molar-refractivity contribution >= 4 is 29.0 Å². The largest absolute Gasteiger partial charge is 0.370 e. The normalized spacial score (nSPS) is 9.89. The van der Waals surface area contributed by atoms with E-state index in [1.165, 1.54) is 11.1 Å². The highest BCUT2D eigenvalue weighted by Crippen LogP contribution is 2.23. The Morgan fingerprint density at radius 1 is 1.33 bits per heavy atom. The molecule has 5 N–H and O–H groups in total. The summed E-state index contributed by atoms with van der Waals surface area (Å²) in [5.41, 5.74) is 8.76. The molecular formula is C13H20N4S. The van der Waals surface area contributed by atoms with E-state index in [2.05, 4.69) is 42.7 Å². The van der Waals surface area contributed by atoms with Gasteiger partial charge in [-0.05, 0) is 36.2 Å². The van der Waals surface area contributed by atoms with Crippen LogP contribution in [0.5, 0.6) is 0 Å². The maximum Gasteiger partial charge on any atom is 0.192 e. The van der Waals surface area contributed by atoms with E-state index in [1.807, 2.05) is 0 Å². The molecule has 0 unspecified atom stereocenters. The van der Waals surface area contributed by atoms with E-state index < -0.39 is 0 Å². The lowest BCUT2D eigenvalue weighted by atomic mass is 10.0. The molecule has 0 aliphatic carbocycles. The van der Waals surface area contributed by atoms with Crippen LogP contribution in [-0.4, -0.2) is 11.1 Å². The lowest BCUT2D eigenvalue weighted by Crippen LogP contribution is -2.38. The fourth-order valence-electron chi connectivity index (χ4n) is 1.85. The summed E-state index contributed by atoms with van der Waals surface area (Å²) < 4.78 is 0. The zero-order chi connectivity index (χ0) is 13.5. The zero-order valence-electron chi connectivity index (χ0n) is 10.8. The van der Waals surface area contributed by atoms with Crippen LogP contribution < -0.4 is 16.4 Å². The summed E-state index contributed by atoms with van der Waals surface area (Å²) in [6, 6.07) is 6.25. The maximum atomic E-state index is 7.16. The molecule has 0 fully saturated rings. The van der Waals surface area contributed by atoms with E-state index in [1.54, 1.807) is 0 Å². The summed E-state index contributed by atoms with van der Waals surface area (Å²) >= 11 is 5.12. The third-order valence-corrected chi connectivity index (χ3v) is 2.83. The Kier molecular flexibility index (Phi) is 5.58. The summed E-state index contributed by atoms with van der Waals surface area (Å²) in [6.07, 6.45) is 3.01. The van der Waals surface area contributed by atoms with Crippen LogP contribution in [0.1, 0.15) is 31.4 Å². The summed E-state index contributed by atoms with van der Waals surface area (Å²) in [4.78, 5) is 0. The van der Waals surface area contributed by atoms with Crippen LogP contribution in [0.3, 0.4) is 0 Å². The Morgan fingerprint density at radius 2 is 2.00 bits per heavy atom. The third kappa shape index (κ3) is 4.00. The second-order valence-electron chi connectivity index (χ2n) is 4.05. The number of para-hydroxylation sites is 1. The van der Waals surface area contributed by atoms with Gasteiger partial charge < -0.3 is 16.4 Å². The number of anilines is 1. The lowest BCUT2D eigenvalue weighted by Gasteiger charge is -2.16. The minimum atomic E-state index is -0.154. The summed E-state index contributed by atoms with van der Waals surface area (Å²) in [6.45, 7) is 4.26. The number of hydrogen-bond acceptors (Lipinski definition) is 2. The first-order chi connectivity index (χ1) is 8.58. The molecule has 0 aliphatic rings. The minimum Gasteiger partial charge on any atom is -0.370 e. The molecule has 4 nitrogen and oxygen atoms in total. The first-order valence-corrected chi connectivity index (χ1v) is 6.52. The van der Waals surface area contributed by atoms with Crippen molar-refractivity contribution in [2.24, 2.45) is 5.73 Å². The molecule has 0 bridgehead atoms. The monoisotopic (exact) mass is 264 g/mol. The Morgan fingerprint density at radius 3 is 2.56 bits per heavy atom. The van der Waals surface area contributed by atoms with Gasteiger partial charge in [0.25, 0.3) is 0 Å². The highest BCUT2D eigenvalue weighted by atomic mass is 32.1. The Labute approximate surface area is 113 Å². The average molecular weight is 264 g/mol. The molecule has 0 atom stereocenters. The molecule has 0 saturated carbocycles. The van der Waals surface area contributed by atoms with Crippen molar-refractivity contribution in [1.82, 2.24) is 5.32 Å². The van der Waals surface area contributed by atoms with Gasteiger partial charge in [0.15, 0.2) is 11.1 Å². The van der Waals surface area contributed by atoms with E-state index in [9.17, 15) is 0 Å². The van der Waals surface area contributed by atoms with E-state index >= 15 is 0 Å². The fourth-order valence-corrected chi connectivity index (χ4v) is 2.07. The van der Waals surface area contributed by atoms with Crippen molar-refractivity contribution in [3.63, 3.8) is 0 Å². The molecule has 1 aromatic rings. The van der Waals surface area contributed by atoms with Crippen molar-refractivity contribution < 1.29 is 0 Å². The number of nitrogens with two attached hydrogens (primary N) is 1. The van der Waals surface area contributed by atoms with Gasteiger partial charge in [-0.3, -0.25) is 5.41 Å². The van der Waals surface area contributed by atoms with E-state index in [0.717, 1.165) is 24.9 Å². The van der Waals surface area contributed by atoms with Gasteiger partial charge in [0.05, 0.1) is 0 Å². The van der Waals surface area contributed by atoms with Crippen LogP contribution in [-0.2, 0) is 12.8 Å². The first-order valence-electron chi connectivity index (χ1n) is 6.11. The topological polar surface area (TPSA) is 73.9 Å². The van der Waals surface area contributed by atoms with E-state index in [4.69, 9.17) is 23.4 Å². The van der Waals surface area contributed by atoms with Gasteiger partial charge >= 0.3 is 0 Å². The average Bonchev–Trinajstić information content (AvgIpc) is 2.30. The molecule has 0 amide bonds. The smallest absolute Gasteiger partial charge is 0.192 e. The van der Waals surface area contributed by atoms with E-state index in [0.29, 0.717) is 5.11 Å². The van der Waals surface area contributed by atoms with Crippen LogP contribution in [0.4, 0.5) is 5.69 Å². The Balaban J connectivity index is 2.96. The molecule has 0 aromatic heterocycles. The van der Waals surface area contributed by atoms with Gasteiger partial charge in [-0.1, -0.05) is 38.5 Å². The number of nitrogens with one attached hydrogen (secondary N) is 3. The van der Waals surface area contributed by atoms with Crippen molar-refractivity contribution in [1.29, 1.82) is 5.41 Å². The zero-order valence-corrected chi connectivity index (χ0v) is 11.7. The Bertz CT molecular complexity index is 443. The molecule has 0 saturated heterocycles. The van der Waals surface area contributed by atoms with Gasteiger partial charge in [0.2, 0.25) is 0 Å². The maximum absolute atomic E-state index is 7.16. The van der Waals surface area contributed by atoms with Crippen molar-refractivity contribution in [3.8, 4) is 0 Å². The predicted molar refractivity (Wildman–Crippen MR) is 81.1 cm³/mol. The van der Waals surface area contributed by atoms with Gasteiger partial charge in [-0.2, -0.15) is 0 Å². The van der Waals surface area contributed by atoms with Crippen LogP contribution in [0.2, 0.25) is 0 Å². The number of benzene rings is 1. The van der Waals surface area contributed by atoms with Crippen LogP contribution >= 0.6 is 12.2 Å². The van der Waals surface area contributed by atoms with Crippen LogP contribution in [0, 0.1) is 5.41 Å². The molecule has 1 rings (SSSR count). The molecular weight excluding hydrogens is 244 g/mol. The van der Waals surface area contributed by atoms with Crippen molar-refractivity contribution in [2.45, 2.75) is 33.1 Å². The number of guanidine groups is 1. The molecule has 98 valence electrons. The number of rotatable bonds is 4. The molecule has 1 aromatic carbocycles. The first kappa shape index (κ1) is 14.4. The molecule has 5 heteroatoms. The summed E-state index contributed by atoms with van der Waals surface area (Å²) in [5.74, 6) is -0.154. The lowest BCUT2D eigenvalue weighted by molar-refractivity contribution is 0.919. The minimum absolute atomic E-state index is 0.154. The van der Waals surface area contributed by atoms with Crippen LogP contribution in [0.15, 0.2) is 18.2 Å². The second-order valence-corrected chi connectivity index (χ2v) is 4.46. The summed E-state index contributed by atoms with van der Waals surface area (Å²) in [5, 5.41) is 13.3. The molecule has 0 radical (unpaired) electrons. The highest BCUT2D eigenvalue weighted by Gasteiger charge is 2.08. The van der Waals surface area contributed by atoms with Gasteiger partial charge in [-0.25, -0.2) is 0 Å². The number of thiocarbonyl (C=S) groups is 1. The van der Waals surface area contributed by atoms with E-state index in [-0.39, 0.29) is 5.96 Å². The van der Waals surface area contributed by atoms with Crippen LogP contribution in [0.25, 0.3) is 0 Å². The Hall–Kier alpha value is -1.62. The highest BCUT2D eigenvalue weighted by molar-refractivity contribution is 7.80. The second kappa shape index (κ2) is 6.96. The van der Waals surface area contributed by atoms with Crippen molar-refractivity contribution in [2.75, 3.05) is 5.32 Å². The number of aryl methyl sites for hydroxylation is 2. The SMILES string of the molecule is CCCc1cccc(CC)c1NC(=S)NC(=N)N. The molecule has 0 heterocycles. The molecule has 18 heavy (non-hydrogen) atoms. The van der Waals surface area contributed by atoms with Gasteiger partial charge in [0.1, 0.15) is 0 Å². The standard InChI is InChI=1S/C13H20N4S/c1-3-6-10-8-5-7-9(4-2)11(10)16-13(18)17-12(14)15/h5,7-8H,3-4,6H2,1-2H3,(H5,14,15,16,17,18).